The molecule has 2 saturated carbocycles. The quantitative estimate of drug-likeness (QED) is 0.528. The molecule has 2 aliphatic rings. The summed E-state index contributed by atoms with van der Waals surface area (Å²) in [4.78, 5) is 0. The minimum Gasteiger partial charge on any atom is -0.0552 e. The van der Waals surface area contributed by atoms with E-state index in [0.29, 0.717) is 0 Å². The molecule has 2 radical (unpaired) electrons. The minimum absolute atomic E-state index is 0.733. The van der Waals surface area contributed by atoms with Gasteiger partial charge in [-0.2, -0.15) is 0 Å². The summed E-state index contributed by atoms with van der Waals surface area (Å²) < 4.78 is 0. The lowest BCUT2D eigenvalue weighted by Crippen LogP contribution is -2.07. The molecule has 0 bridgehead atoms. The first-order valence-electron chi connectivity index (χ1n) is 11.2. The van der Waals surface area contributed by atoms with Gasteiger partial charge in [0.15, 0.2) is 0 Å². The normalized spacial score (nSPS) is 19.3. The fourth-order valence-electron chi connectivity index (χ4n) is 5.30. The van der Waals surface area contributed by atoms with Crippen LogP contribution in [0.2, 0.25) is 0 Å². The number of aryl methyl sites for hydroxylation is 2. The Hall–Kier alpha value is -1.56. The van der Waals surface area contributed by atoms with Crippen molar-refractivity contribution < 1.29 is 0 Å². The zero-order valence-corrected chi connectivity index (χ0v) is 17.2. The van der Waals surface area contributed by atoms with Gasteiger partial charge in [0.05, 0.1) is 0 Å². The van der Waals surface area contributed by atoms with E-state index in [1.807, 2.05) is 0 Å². The van der Waals surface area contributed by atoms with Crippen LogP contribution in [0.15, 0.2) is 24.3 Å². The van der Waals surface area contributed by atoms with Gasteiger partial charge in [0.25, 0.3) is 0 Å². The van der Waals surface area contributed by atoms with Crippen molar-refractivity contribution in [3.8, 4) is 0 Å². The maximum Gasteiger partial charge on any atom is -0.00130 e. The second-order valence-corrected chi connectivity index (χ2v) is 9.12. The van der Waals surface area contributed by atoms with E-state index < -0.39 is 0 Å². The van der Waals surface area contributed by atoms with Crippen LogP contribution in [0.3, 0.4) is 0 Å². The van der Waals surface area contributed by atoms with Crippen molar-refractivity contribution >= 4 is 0 Å². The molecule has 0 spiro atoms. The summed E-state index contributed by atoms with van der Waals surface area (Å²) in [6, 6.07) is 17.0. The van der Waals surface area contributed by atoms with Crippen molar-refractivity contribution in [2.75, 3.05) is 0 Å². The van der Waals surface area contributed by atoms with Gasteiger partial charge in [-0.1, -0.05) is 73.9 Å². The number of rotatable bonds is 4. The minimum atomic E-state index is 0.733. The zero-order valence-electron chi connectivity index (χ0n) is 17.2. The van der Waals surface area contributed by atoms with Gasteiger partial charge < -0.3 is 0 Å². The van der Waals surface area contributed by atoms with Gasteiger partial charge in [0, 0.05) is 0 Å². The van der Waals surface area contributed by atoms with E-state index in [0.717, 1.165) is 18.3 Å². The molecule has 0 saturated heterocycles. The van der Waals surface area contributed by atoms with Crippen LogP contribution in [-0.4, -0.2) is 0 Å². The summed E-state index contributed by atoms with van der Waals surface area (Å²) in [6.45, 7) is 4.49. The summed E-state index contributed by atoms with van der Waals surface area (Å²) in [5, 5.41) is 0. The van der Waals surface area contributed by atoms with Crippen LogP contribution in [0.5, 0.6) is 0 Å². The second kappa shape index (κ2) is 8.63. The molecule has 0 aliphatic heterocycles. The molecule has 0 unspecified atom stereocenters. The Balaban J connectivity index is 1.56. The summed E-state index contributed by atoms with van der Waals surface area (Å²) in [7, 11) is 0. The molecule has 2 fully saturated rings. The van der Waals surface area contributed by atoms with Crippen LogP contribution in [0.4, 0.5) is 0 Å². The van der Waals surface area contributed by atoms with E-state index >= 15 is 0 Å². The highest BCUT2D eigenvalue weighted by molar-refractivity contribution is 5.37. The lowest BCUT2D eigenvalue weighted by Gasteiger charge is -2.23. The SMILES string of the molecule is Cc1cc(Cc2[c]c(C3CCCCC3)cc(C)c2)[c]c(C2CCCCC2)c1. The van der Waals surface area contributed by atoms with Crippen LogP contribution in [0.25, 0.3) is 0 Å². The molecule has 0 heterocycles. The number of hydrogen-bond acceptors (Lipinski definition) is 0. The van der Waals surface area contributed by atoms with Crippen LogP contribution >= 0.6 is 0 Å². The Bertz CT molecular complexity index is 692. The molecule has 0 amide bonds. The van der Waals surface area contributed by atoms with Gasteiger partial charge in [-0.15, -0.1) is 0 Å². The third-order valence-electron chi connectivity index (χ3n) is 6.65. The number of hydrogen-bond donors (Lipinski definition) is 0. The Morgan fingerprint density at radius 3 is 1.44 bits per heavy atom. The molecular weight excluding hydrogens is 324 g/mol. The van der Waals surface area contributed by atoms with Crippen molar-refractivity contribution in [1.29, 1.82) is 0 Å². The van der Waals surface area contributed by atoms with E-state index in [1.54, 1.807) is 0 Å². The second-order valence-electron chi connectivity index (χ2n) is 9.12. The van der Waals surface area contributed by atoms with Gasteiger partial charge >= 0.3 is 0 Å². The number of benzene rings is 2. The molecule has 0 heteroatoms. The highest BCUT2D eigenvalue weighted by Gasteiger charge is 2.18. The maximum absolute atomic E-state index is 3.80. The lowest BCUT2D eigenvalue weighted by atomic mass is 9.81. The molecule has 4 rings (SSSR count). The fraction of sp³-hybridized carbons (Fsp3) is 0.556. The van der Waals surface area contributed by atoms with Crippen molar-refractivity contribution in [2.24, 2.45) is 0 Å². The summed E-state index contributed by atoms with van der Waals surface area (Å²) in [6.07, 6.45) is 14.7. The van der Waals surface area contributed by atoms with Crippen LogP contribution < -0.4 is 0 Å². The Kier molecular flexibility index (Phi) is 6.01. The third kappa shape index (κ3) is 4.84. The van der Waals surface area contributed by atoms with Gasteiger partial charge in [-0.25, -0.2) is 0 Å². The molecule has 0 N–H and O–H groups in total. The van der Waals surface area contributed by atoms with Crippen molar-refractivity contribution in [1.82, 2.24) is 0 Å². The Labute approximate surface area is 166 Å². The third-order valence-corrected chi connectivity index (χ3v) is 6.65. The maximum atomic E-state index is 3.80. The molecule has 2 aliphatic carbocycles. The van der Waals surface area contributed by atoms with Gasteiger partial charge in [-0.3, -0.25) is 0 Å². The van der Waals surface area contributed by atoms with Gasteiger partial charge in [-0.05, 0) is 92.2 Å². The van der Waals surface area contributed by atoms with Crippen LogP contribution in [0, 0.1) is 26.0 Å². The topological polar surface area (TPSA) is 0 Å². The summed E-state index contributed by atoms with van der Waals surface area (Å²) >= 11 is 0. The van der Waals surface area contributed by atoms with E-state index in [2.05, 4.69) is 50.2 Å². The predicted molar refractivity (Wildman–Crippen MR) is 114 cm³/mol. The van der Waals surface area contributed by atoms with E-state index in [4.69, 9.17) is 0 Å². The summed E-state index contributed by atoms with van der Waals surface area (Å²) in [5.74, 6) is 1.47. The smallest absolute Gasteiger partial charge is 0.00130 e. The first-order chi connectivity index (χ1) is 13.2. The molecule has 2 aromatic rings. The van der Waals surface area contributed by atoms with E-state index in [-0.39, 0.29) is 0 Å². The van der Waals surface area contributed by atoms with Crippen molar-refractivity contribution in [3.05, 3.63) is 69.8 Å². The van der Waals surface area contributed by atoms with Gasteiger partial charge in [0.2, 0.25) is 0 Å². The first-order valence-corrected chi connectivity index (χ1v) is 11.2. The molecule has 142 valence electrons. The molecule has 2 aromatic carbocycles. The highest BCUT2D eigenvalue weighted by atomic mass is 14.2. The molecule has 27 heavy (non-hydrogen) atoms. The average Bonchev–Trinajstić information content (AvgIpc) is 2.68. The largest absolute Gasteiger partial charge is 0.0552 e. The van der Waals surface area contributed by atoms with Crippen LogP contribution in [-0.2, 0) is 6.42 Å². The zero-order chi connectivity index (χ0) is 18.6. The van der Waals surface area contributed by atoms with E-state index in [1.165, 1.54) is 97.6 Å². The molecule has 0 atom stereocenters. The predicted octanol–water partition coefficient (Wildman–Crippen LogP) is 7.59. The standard InChI is InChI=1S/C27H34/c1-20-13-22(18-26(15-20)24-9-5-3-6-10-24)17-23-14-21(2)16-27(19-23)25-11-7-4-8-12-25/h13-16,24-25H,3-12,17H2,1-2H3. The van der Waals surface area contributed by atoms with Crippen molar-refractivity contribution in [2.45, 2.75) is 96.3 Å². The molecular formula is C27H34. The Morgan fingerprint density at radius 2 is 1.04 bits per heavy atom. The average molecular weight is 359 g/mol. The molecule has 0 aromatic heterocycles. The first kappa shape index (κ1) is 18.8. The van der Waals surface area contributed by atoms with Gasteiger partial charge in [0.1, 0.15) is 0 Å². The van der Waals surface area contributed by atoms with Crippen LogP contribution in [0.1, 0.15) is 109 Å². The lowest BCUT2D eigenvalue weighted by molar-refractivity contribution is 0.442. The fourth-order valence-corrected chi connectivity index (χ4v) is 5.30. The van der Waals surface area contributed by atoms with E-state index in [9.17, 15) is 0 Å². The Morgan fingerprint density at radius 1 is 0.630 bits per heavy atom. The monoisotopic (exact) mass is 358 g/mol. The highest BCUT2D eigenvalue weighted by Crippen LogP contribution is 2.35. The molecule has 0 nitrogen and oxygen atoms in total. The summed E-state index contributed by atoms with van der Waals surface area (Å²) in [5.41, 5.74) is 8.42. The van der Waals surface area contributed by atoms with Crippen molar-refractivity contribution in [3.63, 3.8) is 0 Å².